The van der Waals surface area contributed by atoms with Crippen LogP contribution in [0.5, 0.6) is 0 Å². The SMILES string of the molecule is ClCc1nncn1Cc1ccncn1. The van der Waals surface area contributed by atoms with Gasteiger partial charge in [0.15, 0.2) is 0 Å². The lowest BCUT2D eigenvalue weighted by molar-refractivity contribution is 0.732. The van der Waals surface area contributed by atoms with Gasteiger partial charge in [0, 0.05) is 6.20 Å². The minimum Gasteiger partial charge on any atom is -0.310 e. The minimum atomic E-state index is 0.352. The average Bonchev–Trinajstić information content (AvgIpc) is 2.67. The van der Waals surface area contributed by atoms with Crippen molar-refractivity contribution in [2.45, 2.75) is 12.4 Å². The number of nitrogens with zero attached hydrogens (tertiary/aromatic N) is 5. The molecular weight excluding hydrogens is 202 g/mol. The van der Waals surface area contributed by atoms with Crippen molar-refractivity contribution in [3.63, 3.8) is 0 Å². The standard InChI is InChI=1S/C8H8ClN5/c9-3-8-13-12-6-14(8)4-7-1-2-10-5-11-7/h1-2,5-6H,3-4H2. The highest BCUT2D eigenvalue weighted by atomic mass is 35.5. The van der Waals surface area contributed by atoms with E-state index in [-0.39, 0.29) is 0 Å². The quantitative estimate of drug-likeness (QED) is 0.704. The fraction of sp³-hybridized carbons (Fsp3) is 0.250. The molecule has 0 bridgehead atoms. The molecule has 0 aliphatic carbocycles. The lowest BCUT2D eigenvalue weighted by Gasteiger charge is -2.02. The van der Waals surface area contributed by atoms with E-state index in [4.69, 9.17) is 11.6 Å². The molecule has 5 nitrogen and oxygen atoms in total. The Morgan fingerprint density at radius 2 is 2.36 bits per heavy atom. The molecule has 0 aliphatic rings. The molecule has 0 atom stereocenters. The van der Waals surface area contributed by atoms with Crippen molar-refractivity contribution in [2.24, 2.45) is 0 Å². The number of aromatic nitrogens is 5. The number of rotatable bonds is 3. The van der Waals surface area contributed by atoms with E-state index in [1.54, 1.807) is 12.5 Å². The predicted octanol–water partition coefficient (Wildman–Crippen LogP) is 0.855. The Kier molecular flexibility index (Phi) is 2.69. The monoisotopic (exact) mass is 209 g/mol. The highest BCUT2D eigenvalue weighted by molar-refractivity contribution is 6.16. The maximum Gasteiger partial charge on any atom is 0.148 e. The Hall–Kier alpha value is -1.49. The van der Waals surface area contributed by atoms with Gasteiger partial charge in [-0.05, 0) is 6.07 Å². The van der Waals surface area contributed by atoms with E-state index >= 15 is 0 Å². The molecule has 0 N–H and O–H groups in total. The van der Waals surface area contributed by atoms with Crippen LogP contribution in [0.25, 0.3) is 0 Å². The average molecular weight is 210 g/mol. The van der Waals surface area contributed by atoms with Gasteiger partial charge in [-0.1, -0.05) is 0 Å². The van der Waals surface area contributed by atoms with Crippen LogP contribution in [0.15, 0.2) is 24.9 Å². The summed E-state index contributed by atoms with van der Waals surface area (Å²) in [4.78, 5) is 7.94. The zero-order valence-corrected chi connectivity index (χ0v) is 8.09. The van der Waals surface area contributed by atoms with Crippen LogP contribution >= 0.6 is 11.6 Å². The van der Waals surface area contributed by atoms with Crippen LogP contribution in [-0.2, 0) is 12.4 Å². The van der Waals surface area contributed by atoms with Gasteiger partial charge in [0.1, 0.15) is 18.5 Å². The van der Waals surface area contributed by atoms with E-state index in [1.807, 2.05) is 10.6 Å². The molecule has 2 aromatic rings. The summed E-state index contributed by atoms with van der Waals surface area (Å²) in [5, 5.41) is 7.64. The second kappa shape index (κ2) is 4.15. The summed E-state index contributed by atoms with van der Waals surface area (Å²) >= 11 is 5.68. The van der Waals surface area contributed by atoms with Gasteiger partial charge in [-0.15, -0.1) is 21.8 Å². The molecule has 0 aliphatic heterocycles. The molecule has 0 radical (unpaired) electrons. The fourth-order valence-corrected chi connectivity index (χ4v) is 1.31. The van der Waals surface area contributed by atoms with Crippen molar-refractivity contribution >= 4 is 11.6 Å². The lowest BCUT2D eigenvalue weighted by Crippen LogP contribution is -2.04. The van der Waals surface area contributed by atoms with Crippen molar-refractivity contribution < 1.29 is 0 Å². The molecule has 2 aromatic heterocycles. The maximum atomic E-state index is 5.68. The molecule has 0 unspecified atom stereocenters. The Labute approximate surface area is 85.8 Å². The summed E-state index contributed by atoms with van der Waals surface area (Å²) in [6, 6.07) is 1.85. The molecule has 0 amide bonds. The van der Waals surface area contributed by atoms with Gasteiger partial charge >= 0.3 is 0 Å². The van der Waals surface area contributed by atoms with Crippen LogP contribution in [0.3, 0.4) is 0 Å². The first-order chi connectivity index (χ1) is 6.90. The number of hydrogen-bond acceptors (Lipinski definition) is 4. The van der Waals surface area contributed by atoms with Crippen LogP contribution in [0.2, 0.25) is 0 Å². The number of alkyl halides is 1. The normalized spacial score (nSPS) is 10.4. The van der Waals surface area contributed by atoms with Gasteiger partial charge in [0.25, 0.3) is 0 Å². The third-order valence-corrected chi connectivity index (χ3v) is 2.03. The zero-order valence-electron chi connectivity index (χ0n) is 7.34. The first-order valence-corrected chi connectivity index (χ1v) is 4.61. The number of hydrogen-bond donors (Lipinski definition) is 0. The third kappa shape index (κ3) is 1.88. The summed E-state index contributed by atoms with van der Waals surface area (Å²) in [5.74, 6) is 1.09. The summed E-state index contributed by atoms with van der Waals surface area (Å²) < 4.78 is 1.86. The highest BCUT2D eigenvalue weighted by Gasteiger charge is 2.03. The Balaban J connectivity index is 2.19. The van der Waals surface area contributed by atoms with Crippen LogP contribution in [-0.4, -0.2) is 24.7 Å². The Bertz CT molecular complexity index is 399. The van der Waals surface area contributed by atoms with Crippen LogP contribution in [0, 0.1) is 0 Å². The summed E-state index contributed by atoms with van der Waals surface area (Å²) in [6.07, 6.45) is 4.85. The van der Waals surface area contributed by atoms with E-state index < -0.39 is 0 Å². The third-order valence-electron chi connectivity index (χ3n) is 1.79. The molecule has 0 aromatic carbocycles. The summed E-state index contributed by atoms with van der Waals surface area (Å²) in [5.41, 5.74) is 0.908. The van der Waals surface area contributed by atoms with Crippen LogP contribution in [0.4, 0.5) is 0 Å². The molecule has 0 spiro atoms. The number of halogens is 1. The van der Waals surface area contributed by atoms with Crippen molar-refractivity contribution in [3.8, 4) is 0 Å². The second-order valence-corrected chi connectivity index (χ2v) is 2.98. The molecule has 2 heterocycles. The fourth-order valence-electron chi connectivity index (χ4n) is 1.10. The molecule has 14 heavy (non-hydrogen) atoms. The van der Waals surface area contributed by atoms with E-state index in [2.05, 4.69) is 20.2 Å². The zero-order chi connectivity index (χ0) is 9.80. The Morgan fingerprint density at radius 3 is 3.07 bits per heavy atom. The van der Waals surface area contributed by atoms with Crippen molar-refractivity contribution in [2.75, 3.05) is 0 Å². The molecule has 72 valence electrons. The largest absolute Gasteiger partial charge is 0.310 e. The van der Waals surface area contributed by atoms with Crippen LogP contribution in [0.1, 0.15) is 11.5 Å². The van der Waals surface area contributed by atoms with E-state index in [0.717, 1.165) is 11.5 Å². The Morgan fingerprint density at radius 1 is 1.43 bits per heavy atom. The lowest BCUT2D eigenvalue weighted by atomic mass is 10.4. The van der Waals surface area contributed by atoms with Crippen molar-refractivity contribution in [3.05, 3.63) is 36.4 Å². The molecule has 6 heteroatoms. The summed E-state index contributed by atoms with van der Waals surface area (Å²) in [7, 11) is 0. The topological polar surface area (TPSA) is 56.5 Å². The predicted molar refractivity (Wildman–Crippen MR) is 50.7 cm³/mol. The minimum absolute atomic E-state index is 0.352. The molecular formula is C8H8ClN5. The van der Waals surface area contributed by atoms with E-state index in [9.17, 15) is 0 Å². The van der Waals surface area contributed by atoms with E-state index in [1.165, 1.54) is 6.33 Å². The van der Waals surface area contributed by atoms with Gasteiger partial charge < -0.3 is 4.57 Å². The van der Waals surface area contributed by atoms with Gasteiger partial charge in [-0.25, -0.2) is 9.97 Å². The first kappa shape index (κ1) is 9.08. The second-order valence-electron chi connectivity index (χ2n) is 2.71. The van der Waals surface area contributed by atoms with E-state index in [0.29, 0.717) is 12.4 Å². The maximum absolute atomic E-state index is 5.68. The van der Waals surface area contributed by atoms with Gasteiger partial charge in [0.2, 0.25) is 0 Å². The van der Waals surface area contributed by atoms with Crippen molar-refractivity contribution in [1.82, 2.24) is 24.7 Å². The van der Waals surface area contributed by atoms with Gasteiger partial charge in [-0.3, -0.25) is 0 Å². The van der Waals surface area contributed by atoms with Gasteiger partial charge in [-0.2, -0.15) is 0 Å². The first-order valence-electron chi connectivity index (χ1n) is 4.07. The molecule has 0 fully saturated rings. The van der Waals surface area contributed by atoms with Crippen molar-refractivity contribution in [1.29, 1.82) is 0 Å². The molecule has 0 saturated heterocycles. The van der Waals surface area contributed by atoms with Crippen LogP contribution < -0.4 is 0 Å². The smallest absolute Gasteiger partial charge is 0.148 e. The molecule has 2 rings (SSSR count). The summed E-state index contributed by atoms with van der Waals surface area (Å²) in [6.45, 7) is 0.623. The highest BCUT2D eigenvalue weighted by Crippen LogP contribution is 2.02. The van der Waals surface area contributed by atoms with Gasteiger partial charge in [0.05, 0.1) is 18.1 Å². The molecule has 0 saturated carbocycles.